The van der Waals surface area contributed by atoms with Crippen LogP contribution in [0.15, 0.2) is 42.5 Å². The summed E-state index contributed by atoms with van der Waals surface area (Å²) in [6.07, 6.45) is 0.998. The Morgan fingerprint density at radius 3 is 2.36 bits per heavy atom. The van der Waals surface area contributed by atoms with Gasteiger partial charge in [-0.15, -0.1) is 0 Å². The fourth-order valence-corrected chi connectivity index (χ4v) is 2.57. The number of hydrogen-bond donors (Lipinski definition) is 0. The van der Waals surface area contributed by atoms with Gasteiger partial charge in [0.25, 0.3) is 0 Å². The van der Waals surface area contributed by atoms with Gasteiger partial charge < -0.3 is 14.2 Å². The summed E-state index contributed by atoms with van der Waals surface area (Å²) >= 11 is 0. The number of ketones is 1. The Kier molecular flexibility index (Phi) is 5.33. The lowest BCUT2D eigenvalue weighted by molar-refractivity contribution is -0.141. The van der Waals surface area contributed by atoms with Gasteiger partial charge >= 0.3 is 5.97 Å². The van der Waals surface area contributed by atoms with Crippen molar-refractivity contribution in [3.63, 3.8) is 0 Å². The molecule has 0 unspecified atom stereocenters. The van der Waals surface area contributed by atoms with Gasteiger partial charge in [0.2, 0.25) is 0 Å². The van der Waals surface area contributed by atoms with Crippen molar-refractivity contribution < 1.29 is 23.8 Å². The lowest BCUT2D eigenvalue weighted by Gasteiger charge is -2.18. The van der Waals surface area contributed by atoms with Crippen LogP contribution in [-0.4, -0.2) is 31.6 Å². The fourth-order valence-electron chi connectivity index (χ4n) is 2.57. The summed E-state index contributed by atoms with van der Waals surface area (Å²) in [4.78, 5) is 24.0. The summed E-state index contributed by atoms with van der Waals surface area (Å²) in [5, 5.41) is 0. The zero-order chi connectivity index (χ0) is 17.6. The largest absolute Gasteiger partial charge is 0.486 e. The molecule has 1 aliphatic heterocycles. The topological polar surface area (TPSA) is 61.8 Å². The van der Waals surface area contributed by atoms with Gasteiger partial charge in [-0.2, -0.15) is 0 Å². The van der Waals surface area contributed by atoms with E-state index in [0.717, 1.165) is 17.5 Å². The molecule has 2 aromatic carbocycles. The van der Waals surface area contributed by atoms with Crippen LogP contribution in [0.3, 0.4) is 0 Å². The Balaban J connectivity index is 1.53. The second-order valence-electron chi connectivity index (χ2n) is 5.79. The van der Waals surface area contributed by atoms with Gasteiger partial charge in [0.15, 0.2) is 23.9 Å². The molecule has 1 aliphatic rings. The first kappa shape index (κ1) is 17.0. The first-order chi connectivity index (χ1) is 12.2. The van der Waals surface area contributed by atoms with Crippen molar-refractivity contribution in [3.8, 4) is 11.5 Å². The maximum atomic E-state index is 12.1. The van der Waals surface area contributed by atoms with Crippen LogP contribution in [0, 0.1) is 0 Å². The highest BCUT2D eigenvalue weighted by molar-refractivity contribution is 5.98. The molecule has 25 heavy (non-hydrogen) atoms. The highest BCUT2D eigenvalue weighted by atomic mass is 16.6. The molecule has 0 aromatic heterocycles. The van der Waals surface area contributed by atoms with E-state index in [1.807, 2.05) is 12.1 Å². The molecular formula is C20H20O5. The van der Waals surface area contributed by atoms with E-state index >= 15 is 0 Å². The van der Waals surface area contributed by atoms with Crippen molar-refractivity contribution in [2.75, 3.05) is 19.8 Å². The molecule has 0 N–H and O–H groups in total. The van der Waals surface area contributed by atoms with Gasteiger partial charge in [-0.3, -0.25) is 9.59 Å². The molecule has 0 saturated heterocycles. The minimum absolute atomic E-state index is 0.0820. The second-order valence-corrected chi connectivity index (χ2v) is 5.79. The average molecular weight is 340 g/mol. The molecule has 0 radical (unpaired) electrons. The third-order valence-corrected chi connectivity index (χ3v) is 4.00. The van der Waals surface area contributed by atoms with Crippen LogP contribution in [0.5, 0.6) is 11.5 Å². The minimum atomic E-state index is -0.449. The standard InChI is InChI=1S/C20H20O5/c1-2-14-3-6-16(7-4-14)17(21)13-25-20(22)12-15-5-8-18-19(11-15)24-10-9-23-18/h3-8,11H,2,9-10,12-13H2,1H3. The van der Waals surface area contributed by atoms with Crippen LogP contribution < -0.4 is 9.47 Å². The first-order valence-corrected chi connectivity index (χ1v) is 8.32. The van der Waals surface area contributed by atoms with Gasteiger partial charge in [0, 0.05) is 5.56 Å². The van der Waals surface area contributed by atoms with Crippen molar-refractivity contribution in [2.45, 2.75) is 19.8 Å². The molecule has 5 heteroatoms. The Hall–Kier alpha value is -2.82. The second kappa shape index (κ2) is 7.83. The molecular weight excluding hydrogens is 320 g/mol. The van der Waals surface area contributed by atoms with Crippen molar-refractivity contribution >= 4 is 11.8 Å². The SMILES string of the molecule is CCc1ccc(C(=O)COC(=O)Cc2ccc3c(c2)OCCO3)cc1. The van der Waals surface area contributed by atoms with E-state index in [-0.39, 0.29) is 18.8 Å². The molecule has 1 heterocycles. The zero-order valence-corrected chi connectivity index (χ0v) is 14.1. The van der Waals surface area contributed by atoms with Crippen LogP contribution in [0.1, 0.15) is 28.4 Å². The number of esters is 1. The number of ether oxygens (including phenoxy) is 3. The summed E-state index contributed by atoms with van der Waals surface area (Å²) in [5.41, 5.74) is 2.46. The first-order valence-electron chi connectivity index (χ1n) is 8.32. The number of fused-ring (bicyclic) bond motifs is 1. The van der Waals surface area contributed by atoms with E-state index in [4.69, 9.17) is 14.2 Å². The fraction of sp³-hybridized carbons (Fsp3) is 0.300. The van der Waals surface area contributed by atoms with E-state index in [2.05, 4.69) is 6.92 Å². The van der Waals surface area contributed by atoms with E-state index in [1.54, 1.807) is 30.3 Å². The van der Waals surface area contributed by atoms with Gasteiger partial charge in [0.05, 0.1) is 6.42 Å². The summed E-state index contributed by atoms with van der Waals surface area (Å²) < 4.78 is 16.0. The van der Waals surface area contributed by atoms with Crippen molar-refractivity contribution in [3.05, 3.63) is 59.2 Å². The van der Waals surface area contributed by atoms with Crippen molar-refractivity contribution in [1.29, 1.82) is 0 Å². The predicted molar refractivity (Wildman–Crippen MR) is 92.2 cm³/mol. The third-order valence-electron chi connectivity index (χ3n) is 4.00. The normalized spacial score (nSPS) is 12.5. The van der Waals surface area contributed by atoms with E-state index in [1.165, 1.54) is 0 Å². The highest BCUT2D eigenvalue weighted by Crippen LogP contribution is 2.30. The Labute approximate surface area is 146 Å². The minimum Gasteiger partial charge on any atom is -0.486 e. The van der Waals surface area contributed by atoms with Crippen LogP contribution >= 0.6 is 0 Å². The quantitative estimate of drug-likeness (QED) is 0.597. The number of aryl methyl sites for hydroxylation is 1. The van der Waals surface area contributed by atoms with E-state index < -0.39 is 5.97 Å². The molecule has 0 fully saturated rings. The van der Waals surface area contributed by atoms with Gasteiger partial charge in [-0.1, -0.05) is 37.3 Å². The molecule has 0 bridgehead atoms. The van der Waals surface area contributed by atoms with Crippen LogP contribution in [0.25, 0.3) is 0 Å². The maximum absolute atomic E-state index is 12.1. The molecule has 130 valence electrons. The van der Waals surface area contributed by atoms with Crippen molar-refractivity contribution in [1.82, 2.24) is 0 Å². The number of hydrogen-bond acceptors (Lipinski definition) is 5. The Bertz CT molecular complexity index is 764. The summed E-state index contributed by atoms with van der Waals surface area (Å²) in [6, 6.07) is 12.7. The van der Waals surface area contributed by atoms with Crippen LogP contribution in [-0.2, 0) is 22.4 Å². The predicted octanol–water partition coefficient (Wildman–Crippen LogP) is 2.99. The molecule has 5 nitrogen and oxygen atoms in total. The highest BCUT2D eigenvalue weighted by Gasteiger charge is 2.15. The summed E-state index contributed by atoms with van der Waals surface area (Å²) in [6.45, 7) is 2.81. The van der Waals surface area contributed by atoms with Gasteiger partial charge in [0.1, 0.15) is 13.2 Å². The summed E-state index contributed by atoms with van der Waals surface area (Å²) in [7, 11) is 0. The van der Waals surface area contributed by atoms with Gasteiger partial charge in [-0.25, -0.2) is 0 Å². The van der Waals surface area contributed by atoms with Crippen molar-refractivity contribution in [2.24, 2.45) is 0 Å². The third kappa shape index (κ3) is 4.38. The number of Topliss-reactive ketones (excluding diaryl/α,β-unsaturated/α-hetero) is 1. The monoisotopic (exact) mass is 340 g/mol. The molecule has 0 atom stereocenters. The number of carbonyl (C=O) groups is 2. The van der Waals surface area contributed by atoms with Gasteiger partial charge in [-0.05, 0) is 29.7 Å². The number of benzene rings is 2. The molecule has 3 rings (SSSR count). The zero-order valence-electron chi connectivity index (χ0n) is 14.1. The molecule has 0 amide bonds. The van der Waals surface area contributed by atoms with Crippen LogP contribution in [0.2, 0.25) is 0 Å². The average Bonchev–Trinajstić information content (AvgIpc) is 2.66. The van der Waals surface area contributed by atoms with Crippen LogP contribution in [0.4, 0.5) is 0 Å². The lowest BCUT2D eigenvalue weighted by atomic mass is 10.1. The summed E-state index contributed by atoms with van der Waals surface area (Å²) in [5.74, 6) is 0.645. The molecule has 0 saturated carbocycles. The number of rotatable bonds is 6. The Morgan fingerprint density at radius 1 is 0.960 bits per heavy atom. The Morgan fingerprint density at radius 2 is 1.64 bits per heavy atom. The molecule has 0 aliphatic carbocycles. The lowest BCUT2D eigenvalue weighted by Crippen LogP contribution is -2.17. The smallest absolute Gasteiger partial charge is 0.310 e. The number of carbonyl (C=O) groups excluding carboxylic acids is 2. The van der Waals surface area contributed by atoms with E-state index in [0.29, 0.717) is 30.3 Å². The molecule has 0 spiro atoms. The molecule has 2 aromatic rings. The maximum Gasteiger partial charge on any atom is 0.310 e. The van der Waals surface area contributed by atoms with E-state index in [9.17, 15) is 9.59 Å².